The number of hydrogen-bond donors (Lipinski definition) is 1. The Morgan fingerprint density at radius 1 is 1.04 bits per heavy atom. The fourth-order valence-corrected chi connectivity index (χ4v) is 3.55. The van der Waals surface area contributed by atoms with E-state index in [9.17, 15) is 0 Å². The van der Waals surface area contributed by atoms with Gasteiger partial charge in [-0.25, -0.2) is 15.0 Å². The highest BCUT2D eigenvalue weighted by atomic mass is 15.3. The minimum absolute atomic E-state index is 0.694. The molecule has 1 aliphatic heterocycles. The van der Waals surface area contributed by atoms with Gasteiger partial charge in [-0.05, 0) is 31.4 Å². The van der Waals surface area contributed by atoms with Crippen LogP contribution in [0, 0.1) is 0 Å². The number of anilines is 1. The molecule has 130 valence electrons. The average molecular weight is 345 g/mol. The first-order valence-electron chi connectivity index (χ1n) is 8.91. The van der Waals surface area contributed by atoms with Crippen molar-refractivity contribution in [3.05, 3.63) is 60.4 Å². The first kappa shape index (κ1) is 15.1. The van der Waals surface area contributed by atoms with E-state index < -0.39 is 0 Å². The number of aryl methyl sites for hydroxylation is 1. The lowest BCUT2D eigenvalue weighted by Gasteiger charge is -2.15. The fraction of sp³-hybridized carbons (Fsp3) is 0.263. The van der Waals surface area contributed by atoms with E-state index >= 15 is 0 Å². The summed E-state index contributed by atoms with van der Waals surface area (Å²) in [7, 11) is 0. The quantitative estimate of drug-likeness (QED) is 0.615. The third kappa shape index (κ3) is 2.52. The summed E-state index contributed by atoms with van der Waals surface area (Å²) < 4.78 is 4.10. The standard InChI is InChI=1S/C19H19N7/c1-2-6-15(7-3-1)25-13-23-17-18(21-12-22-19(17)25)20-10-14-11-24-26-9-5-4-8-16(14)26/h1-3,6-7,11-13H,4-5,8-10H2,(H,20,21,22). The van der Waals surface area contributed by atoms with Crippen molar-refractivity contribution >= 4 is 17.0 Å². The Morgan fingerprint density at radius 3 is 2.88 bits per heavy atom. The van der Waals surface area contributed by atoms with Gasteiger partial charge in [0.15, 0.2) is 17.0 Å². The van der Waals surface area contributed by atoms with E-state index in [0.717, 1.165) is 35.6 Å². The minimum atomic E-state index is 0.694. The highest BCUT2D eigenvalue weighted by Crippen LogP contribution is 2.23. The van der Waals surface area contributed by atoms with Crippen LogP contribution in [0.25, 0.3) is 16.9 Å². The smallest absolute Gasteiger partial charge is 0.170 e. The zero-order valence-electron chi connectivity index (χ0n) is 14.3. The van der Waals surface area contributed by atoms with Crippen LogP contribution in [0.4, 0.5) is 5.82 Å². The second kappa shape index (κ2) is 6.25. The molecule has 0 saturated heterocycles. The molecule has 4 aromatic rings. The number of rotatable bonds is 4. The van der Waals surface area contributed by atoms with Crippen molar-refractivity contribution in [2.24, 2.45) is 0 Å². The monoisotopic (exact) mass is 345 g/mol. The number of nitrogens with zero attached hydrogens (tertiary/aromatic N) is 6. The molecule has 0 spiro atoms. The van der Waals surface area contributed by atoms with E-state index in [2.05, 4.69) is 30.0 Å². The van der Waals surface area contributed by atoms with Gasteiger partial charge in [0, 0.05) is 30.0 Å². The van der Waals surface area contributed by atoms with Crippen LogP contribution in [0.15, 0.2) is 49.2 Å². The molecule has 5 rings (SSSR count). The normalized spacial score (nSPS) is 13.7. The van der Waals surface area contributed by atoms with E-state index in [1.165, 1.54) is 24.1 Å². The van der Waals surface area contributed by atoms with E-state index in [0.29, 0.717) is 6.54 Å². The topological polar surface area (TPSA) is 73.5 Å². The van der Waals surface area contributed by atoms with E-state index in [4.69, 9.17) is 0 Å². The molecule has 0 amide bonds. The Balaban J connectivity index is 1.45. The van der Waals surface area contributed by atoms with Crippen LogP contribution in [-0.4, -0.2) is 29.3 Å². The zero-order chi connectivity index (χ0) is 17.3. The van der Waals surface area contributed by atoms with Gasteiger partial charge in [0.05, 0.1) is 6.20 Å². The third-order valence-electron chi connectivity index (χ3n) is 4.88. The number of benzene rings is 1. The lowest BCUT2D eigenvalue weighted by molar-refractivity contribution is 0.484. The van der Waals surface area contributed by atoms with Crippen LogP contribution in [0.3, 0.4) is 0 Å². The molecule has 0 fully saturated rings. The van der Waals surface area contributed by atoms with Crippen LogP contribution in [0.5, 0.6) is 0 Å². The maximum absolute atomic E-state index is 4.54. The van der Waals surface area contributed by atoms with Gasteiger partial charge in [-0.2, -0.15) is 5.10 Å². The van der Waals surface area contributed by atoms with E-state index in [-0.39, 0.29) is 0 Å². The second-order valence-corrected chi connectivity index (χ2v) is 6.49. The van der Waals surface area contributed by atoms with Gasteiger partial charge in [-0.1, -0.05) is 18.2 Å². The number of imidazole rings is 1. The first-order valence-corrected chi connectivity index (χ1v) is 8.91. The van der Waals surface area contributed by atoms with Crippen LogP contribution in [0.1, 0.15) is 24.1 Å². The highest BCUT2D eigenvalue weighted by Gasteiger charge is 2.16. The molecule has 3 aromatic heterocycles. The van der Waals surface area contributed by atoms with Gasteiger partial charge in [0.1, 0.15) is 12.7 Å². The van der Waals surface area contributed by atoms with Gasteiger partial charge < -0.3 is 5.32 Å². The summed E-state index contributed by atoms with van der Waals surface area (Å²) in [6.45, 7) is 1.72. The number of aromatic nitrogens is 6. The van der Waals surface area contributed by atoms with Crippen molar-refractivity contribution in [2.75, 3.05) is 5.32 Å². The SMILES string of the molecule is c1ccc(-n2cnc3c(NCc4cnn5c4CCCC5)ncnc32)cc1. The van der Waals surface area contributed by atoms with Crippen LogP contribution in [0.2, 0.25) is 0 Å². The Bertz CT molecular complexity index is 1050. The van der Waals surface area contributed by atoms with Gasteiger partial charge in [0.2, 0.25) is 0 Å². The number of fused-ring (bicyclic) bond motifs is 2. The summed E-state index contributed by atoms with van der Waals surface area (Å²) in [5.41, 5.74) is 5.18. The molecule has 1 N–H and O–H groups in total. The molecule has 7 heteroatoms. The van der Waals surface area contributed by atoms with Crippen LogP contribution in [-0.2, 0) is 19.5 Å². The molecule has 0 unspecified atom stereocenters. The number of nitrogens with one attached hydrogen (secondary N) is 1. The lowest BCUT2D eigenvalue weighted by atomic mass is 10.1. The molecule has 0 atom stereocenters. The lowest BCUT2D eigenvalue weighted by Crippen LogP contribution is -2.13. The van der Waals surface area contributed by atoms with E-state index in [1.54, 1.807) is 12.7 Å². The predicted octanol–water partition coefficient (Wildman–Crippen LogP) is 2.96. The number of para-hydroxylation sites is 1. The minimum Gasteiger partial charge on any atom is -0.364 e. The Morgan fingerprint density at radius 2 is 1.96 bits per heavy atom. The maximum Gasteiger partial charge on any atom is 0.170 e. The van der Waals surface area contributed by atoms with Crippen molar-refractivity contribution in [1.29, 1.82) is 0 Å². The molecule has 7 nitrogen and oxygen atoms in total. The molecule has 1 aromatic carbocycles. The molecule has 4 heterocycles. The second-order valence-electron chi connectivity index (χ2n) is 6.49. The molecule has 0 bridgehead atoms. The average Bonchev–Trinajstić information content (AvgIpc) is 3.32. The summed E-state index contributed by atoms with van der Waals surface area (Å²) in [6.07, 6.45) is 8.89. The van der Waals surface area contributed by atoms with Crippen molar-refractivity contribution < 1.29 is 0 Å². The van der Waals surface area contributed by atoms with Gasteiger partial charge in [-0.3, -0.25) is 9.25 Å². The molecular formula is C19H19N7. The van der Waals surface area contributed by atoms with Gasteiger partial charge in [-0.15, -0.1) is 0 Å². The van der Waals surface area contributed by atoms with Gasteiger partial charge >= 0.3 is 0 Å². The van der Waals surface area contributed by atoms with E-state index in [1.807, 2.05) is 41.1 Å². The Hall–Kier alpha value is -3.22. The molecule has 26 heavy (non-hydrogen) atoms. The Labute approximate surface area is 150 Å². The summed E-state index contributed by atoms with van der Waals surface area (Å²) in [6, 6.07) is 10.1. The molecule has 1 aliphatic rings. The summed E-state index contributed by atoms with van der Waals surface area (Å²) >= 11 is 0. The molecule has 0 aliphatic carbocycles. The van der Waals surface area contributed by atoms with Crippen molar-refractivity contribution in [3.63, 3.8) is 0 Å². The van der Waals surface area contributed by atoms with Crippen molar-refractivity contribution in [3.8, 4) is 5.69 Å². The first-order chi connectivity index (χ1) is 12.9. The molecular weight excluding hydrogens is 326 g/mol. The fourth-order valence-electron chi connectivity index (χ4n) is 3.55. The van der Waals surface area contributed by atoms with Crippen molar-refractivity contribution in [1.82, 2.24) is 29.3 Å². The maximum atomic E-state index is 4.54. The summed E-state index contributed by atoms with van der Waals surface area (Å²) in [5, 5.41) is 7.92. The molecule has 0 saturated carbocycles. The number of hydrogen-bond acceptors (Lipinski definition) is 5. The van der Waals surface area contributed by atoms with Crippen LogP contribution >= 0.6 is 0 Å². The largest absolute Gasteiger partial charge is 0.364 e. The predicted molar refractivity (Wildman–Crippen MR) is 99.2 cm³/mol. The third-order valence-corrected chi connectivity index (χ3v) is 4.88. The van der Waals surface area contributed by atoms with Crippen molar-refractivity contribution in [2.45, 2.75) is 32.4 Å². The van der Waals surface area contributed by atoms with Crippen LogP contribution < -0.4 is 5.32 Å². The molecule has 0 radical (unpaired) electrons. The summed E-state index contributed by atoms with van der Waals surface area (Å²) in [5.74, 6) is 0.750. The zero-order valence-corrected chi connectivity index (χ0v) is 14.3. The highest BCUT2D eigenvalue weighted by molar-refractivity contribution is 5.83. The van der Waals surface area contributed by atoms with Gasteiger partial charge in [0.25, 0.3) is 0 Å². The summed E-state index contributed by atoms with van der Waals surface area (Å²) in [4.78, 5) is 13.4. The Kier molecular flexibility index (Phi) is 3.62.